The number of methoxy groups -OCH3 is 3. The van der Waals surface area contributed by atoms with Crippen LogP contribution < -0.4 is 19.5 Å². The first-order chi connectivity index (χ1) is 14.6. The second kappa shape index (κ2) is 8.52. The van der Waals surface area contributed by atoms with E-state index in [9.17, 15) is 4.79 Å². The van der Waals surface area contributed by atoms with Crippen molar-refractivity contribution in [3.8, 4) is 17.2 Å². The average molecular weight is 427 g/mol. The normalized spacial score (nSPS) is 15.1. The largest absolute Gasteiger partial charge is 0.493 e. The zero-order valence-electron chi connectivity index (χ0n) is 17.7. The fourth-order valence-corrected chi connectivity index (χ4v) is 5.19. The zero-order chi connectivity index (χ0) is 21.3. The Bertz CT molecular complexity index is 1090. The van der Waals surface area contributed by atoms with Crippen LogP contribution in [0.25, 0.3) is 10.9 Å². The van der Waals surface area contributed by atoms with Gasteiger partial charge in [-0.25, -0.2) is 0 Å². The minimum absolute atomic E-state index is 0.0595. The molecule has 0 bridgehead atoms. The molecule has 1 aliphatic heterocycles. The van der Waals surface area contributed by atoms with Gasteiger partial charge in [0.05, 0.1) is 26.8 Å². The van der Waals surface area contributed by atoms with Crippen molar-refractivity contribution in [2.45, 2.75) is 30.0 Å². The molecule has 7 heteroatoms. The Labute approximate surface area is 180 Å². The van der Waals surface area contributed by atoms with Crippen molar-refractivity contribution in [1.29, 1.82) is 0 Å². The lowest BCUT2D eigenvalue weighted by Gasteiger charge is -2.22. The Morgan fingerprint density at radius 3 is 2.67 bits per heavy atom. The molecule has 1 aliphatic rings. The number of aromatic nitrogens is 1. The highest BCUT2D eigenvalue weighted by molar-refractivity contribution is 8.00. The van der Waals surface area contributed by atoms with E-state index >= 15 is 0 Å². The number of carbonyl (C=O) groups is 1. The van der Waals surface area contributed by atoms with Crippen LogP contribution >= 0.6 is 11.8 Å². The number of nitrogens with one attached hydrogen (secondary N) is 1. The van der Waals surface area contributed by atoms with Crippen LogP contribution in [0, 0.1) is 0 Å². The molecule has 0 fully saturated rings. The summed E-state index contributed by atoms with van der Waals surface area (Å²) in [6.45, 7) is 3.51. The van der Waals surface area contributed by atoms with Crippen molar-refractivity contribution in [2.24, 2.45) is 0 Å². The van der Waals surface area contributed by atoms with Gasteiger partial charge in [0, 0.05) is 34.2 Å². The van der Waals surface area contributed by atoms with Gasteiger partial charge in [0.2, 0.25) is 5.75 Å². The number of para-hydroxylation sites is 1. The monoisotopic (exact) mass is 426 g/mol. The fourth-order valence-electron chi connectivity index (χ4n) is 4.04. The van der Waals surface area contributed by atoms with Gasteiger partial charge in [-0.3, -0.25) is 4.79 Å². The first-order valence-corrected chi connectivity index (χ1v) is 10.8. The smallest absolute Gasteiger partial charge is 0.267 e. The number of ether oxygens (including phenoxy) is 3. The summed E-state index contributed by atoms with van der Waals surface area (Å²) < 4.78 is 18.5. The second-order valence-electron chi connectivity index (χ2n) is 7.26. The van der Waals surface area contributed by atoms with Crippen LogP contribution in [-0.2, 0) is 13.0 Å². The van der Waals surface area contributed by atoms with Gasteiger partial charge in [-0.2, -0.15) is 0 Å². The Morgan fingerprint density at radius 1 is 1.13 bits per heavy atom. The zero-order valence-corrected chi connectivity index (χ0v) is 18.5. The molecule has 6 nitrogen and oxygen atoms in total. The van der Waals surface area contributed by atoms with Crippen LogP contribution in [0.15, 0.2) is 41.3 Å². The molecule has 0 unspecified atom stereocenters. The van der Waals surface area contributed by atoms with Gasteiger partial charge < -0.3 is 24.1 Å². The molecule has 0 saturated carbocycles. The number of carbonyl (C=O) groups excluding carboxylic acids is 1. The number of thioether (sulfide) groups is 1. The maximum atomic E-state index is 13.0. The van der Waals surface area contributed by atoms with Crippen LogP contribution in [0.2, 0.25) is 0 Å². The molecule has 0 saturated heterocycles. The van der Waals surface area contributed by atoms with E-state index in [4.69, 9.17) is 14.2 Å². The van der Waals surface area contributed by atoms with Gasteiger partial charge in [-0.05, 0) is 24.6 Å². The summed E-state index contributed by atoms with van der Waals surface area (Å²) in [5.41, 5.74) is 2.82. The SMILES string of the molecule is COc1ccc(CCNC(=O)c2cc3cccc4c3n2C[C@@H](C)S4)c(OC)c1OC. The van der Waals surface area contributed by atoms with E-state index in [1.807, 2.05) is 30.0 Å². The fraction of sp³-hybridized carbons (Fsp3) is 0.348. The van der Waals surface area contributed by atoms with Crippen molar-refractivity contribution in [3.63, 3.8) is 0 Å². The van der Waals surface area contributed by atoms with E-state index in [0.717, 1.165) is 23.0 Å². The summed E-state index contributed by atoms with van der Waals surface area (Å²) in [5, 5.41) is 4.60. The number of benzene rings is 2. The molecule has 1 aromatic heterocycles. The van der Waals surface area contributed by atoms with Gasteiger partial charge in [0.15, 0.2) is 11.5 Å². The maximum absolute atomic E-state index is 13.0. The molecular weight excluding hydrogens is 400 g/mol. The summed E-state index contributed by atoms with van der Waals surface area (Å²) in [6, 6.07) is 12.0. The first kappa shape index (κ1) is 20.5. The summed E-state index contributed by atoms with van der Waals surface area (Å²) >= 11 is 1.87. The number of hydrogen-bond donors (Lipinski definition) is 1. The van der Waals surface area contributed by atoms with E-state index in [0.29, 0.717) is 41.2 Å². The molecule has 1 N–H and O–H groups in total. The molecule has 0 spiro atoms. The summed E-state index contributed by atoms with van der Waals surface area (Å²) in [6.07, 6.45) is 0.618. The van der Waals surface area contributed by atoms with Gasteiger partial charge in [-0.15, -0.1) is 11.8 Å². The second-order valence-corrected chi connectivity index (χ2v) is 8.74. The Morgan fingerprint density at radius 2 is 1.93 bits per heavy atom. The summed E-state index contributed by atoms with van der Waals surface area (Å²) in [7, 11) is 4.78. The predicted molar refractivity (Wildman–Crippen MR) is 119 cm³/mol. The molecule has 2 aromatic carbocycles. The third kappa shape index (κ3) is 3.58. The van der Waals surface area contributed by atoms with Gasteiger partial charge in [-0.1, -0.05) is 25.1 Å². The number of nitrogens with zero attached hydrogens (tertiary/aromatic N) is 1. The van der Waals surface area contributed by atoms with E-state index < -0.39 is 0 Å². The summed E-state index contributed by atoms with van der Waals surface area (Å²) in [5.74, 6) is 1.75. The topological polar surface area (TPSA) is 61.7 Å². The van der Waals surface area contributed by atoms with Crippen molar-refractivity contribution in [3.05, 3.63) is 47.7 Å². The quantitative estimate of drug-likeness (QED) is 0.615. The molecule has 1 amide bonds. The average Bonchev–Trinajstić information content (AvgIpc) is 3.12. The third-order valence-corrected chi connectivity index (χ3v) is 6.48. The molecule has 1 atom stereocenters. The van der Waals surface area contributed by atoms with Crippen LogP contribution in [-0.4, -0.2) is 43.6 Å². The van der Waals surface area contributed by atoms with Crippen molar-refractivity contribution < 1.29 is 19.0 Å². The van der Waals surface area contributed by atoms with Crippen molar-refractivity contribution >= 4 is 28.6 Å². The van der Waals surface area contributed by atoms with Crippen LogP contribution in [0.5, 0.6) is 17.2 Å². The van der Waals surface area contributed by atoms with E-state index in [1.165, 1.54) is 4.90 Å². The summed E-state index contributed by atoms with van der Waals surface area (Å²) in [4.78, 5) is 14.2. The number of hydrogen-bond acceptors (Lipinski definition) is 5. The molecule has 3 aromatic rings. The molecule has 30 heavy (non-hydrogen) atoms. The highest BCUT2D eigenvalue weighted by atomic mass is 32.2. The lowest BCUT2D eigenvalue weighted by atomic mass is 10.1. The molecule has 158 valence electrons. The lowest BCUT2D eigenvalue weighted by Crippen LogP contribution is -2.29. The minimum atomic E-state index is -0.0595. The highest BCUT2D eigenvalue weighted by Gasteiger charge is 2.24. The van der Waals surface area contributed by atoms with Crippen LogP contribution in [0.3, 0.4) is 0 Å². The standard InChI is InChI=1S/C23H26N2O4S/c1-14-13-25-17(12-16-6-5-7-19(30-14)20(16)25)23(26)24-11-10-15-8-9-18(27-2)22(29-4)21(15)28-3/h5-9,12,14H,10-11,13H2,1-4H3,(H,24,26)/t14-/m1/s1. The van der Waals surface area contributed by atoms with Crippen LogP contribution in [0.1, 0.15) is 23.0 Å². The first-order valence-electron chi connectivity index (χ1n) is 9.92. The molecule has 2 heterocycles. The Balaban J connectivity index is 1.52. The maximum Gasteiger partial charge on any atom is 0.267 e. The van der Waals surface area contributed by atoms with E-state index in [2.05, 4.69) is 35.0 Å². The molecule has 0 aliphatic carbocycles. The molecular formula is C23H26N2O4S. The van der Waals surface area contributed by atoms with Gasteiger partial charge in [0.1, 0.15) is 5.69 Å². The number of rotatable bonds is 7. The van der Waals surface area contributed by atoms with E-state index in [1.54, 1.807) is 21.3 Å². The number of amides is 1. The highest BCUT2D eigenvalue weighted by Crippen LogP contribution is 2.40. The molecule has 4 rings (SSSR count). The van der Waals surface area contributed by atoms with Crippen LogP contribution in [0.4, 0.5) is 0 Å². The molecule has 0 radical (unpaired) electrons. The Kier molecular flexibility index (Phi) is 5.81. The minimum Gasteiger partial charge on any atom is -0.493 e. The lowest BCUT2D eigenvalue weighted by molar-refractivity contribution is 0.0945. The van der Waals surface area contributed by atoms with Crippen molar-refractivity contribution in [2.75, 3.05) is 27.9 Å². The van der Waals surface area contributed by atoms with Gasteiger partial charge in [0.25, 0.3) is 5.91 Å². The third-order valence-electron chi connectivity index (χ3n) is 5.35. The predicted octanol–water partition coefficient (Wildman–Crippen LogP) is 4.13. The Hall–Kier alpha value is -2.80. The van der Waals surface area contributed by atoms with E-state index in [-0.39, 0.29) is 5.91 Å². The van der Waals surface area contributed by atoms with Gasteiger partial charge >= 0.3 is 0 Å². The van der Waals surface area contributed by atoms with Crippen molar-refractivity contribution in [1.82, 2.24) is 9.88 Å².